The largest absolute Gasteiger partial charge is 0.492 e. The van der Waals surface area contributed by atoms with Crippen molar-refractivity contribution in [1.82, 2.24) is 9.78 Å². The number of hydrogen-bond donors (Lipinski definition) is 2. The first-order chi connectivity index (χ1) is 20.4. The van der Waals surface area contributed by atoms with E-state index < -0.39 is 29.4 Å². The Labute approximate surface area is 246 Å². The van der Waals surface area contributed by atoms with E-state index >= 15 is 0 Å². The maximum atomic E-state index is 14.3. The lowest BCUT2D eigenvalue weighted by molar-refractivity contribution is -0.138. The predicted molar refractivity (Wildman–Crippen MR) is 153 cm³/mol. The van der Waals surface area contributed by atoms with Crippen LogP contribution in [0, 0.1) is 0 Å². The molecule has 2 atom stereocenters. The molecule has 2 aliphatic rings. The Morgan fingerprint density at radius 3 is 2.47 bits per heavy atom. The minimum Gasteiger partial charge on any atom is -0.492 e. The molecule has 1 unspecified atom stereocenters. The molecule has 3 aromatic carbocycles. The highest BCUT2D eigenvalue weighted by molar-refractivity contribution is 5.77. The topological polar surface area (TPSA) is 93.8 Å². The normalized spacial score (nSPS) is 17.8. The van der Waals surface area contributed by atoms with E-state index in [1.54, 1.807) is 73.4 Å². The zero-order valence-electron chi connectivity index (χ0n) is 23.7. The van der Waals surface area contributed by atoms with Gasteiger partial charge in [0.1, 0.15) is 17.6 Å². The van der Waals surface area contributed by atoms with Gasteiger partial charge in [0, 0.05) is 29.3 Å². The lowest BCUT2D eigenvalue weighted by Gasteiger charge is -2.20. The van der Waals surface area contributed by atoms with Gasteiger partial charge in [-0.3, -0.25) is 9.48 Å². The van der Waals surface area contributed by atoms with Crippen LogP contribution in [-0.2, 0) is 23.9 Å². The minimum atomic E-state index is -4.54. The minimum absolute atomic E-state index is 0.0276. The van der Waals surface area contributed by atoms with Gasteiger partial charge in [-0.1, -0.05) is 36.4 Å². The summed E-state index contributed by atoms with van der Waals surface area (Å²) in [6, 6.07) is 14.9. The molecule has 0 bridgehead atoms. The number of carboxylic acid groups (broad SMARTS) is 1. The van der Waals surface area contributed by atoms with Crippen LogP contribution < -0.4 is 9.47 Å². The number of alkyl halides is 3. The second-order valence-electron chi connectivity index (χ2n) is 11.8. The number of hydrogen-bond acceptors (Lipinski definition) is 5. The number of fused-ring (bicyclic) bond motifs is 2. The van der Waals surface area contributed by atoms with E-state index in [4.69, 9.17) is 14.6 Å². The number of halogens is 3. The molecule has 224 valence electrons. The van der Waals surface area contributed by atoms with Crippen LogP contribution in [0.3, 0.4) is 0 Å². The fourth-order valence-corrected chi connectivity index (χ4v) is 6.05. The van der Waals surface area contributed by atoms with Crippen molar-refractivity contribution < 1.29 is 37.7 Å². The number of ether oxygens (including phenoxy) is 2. The number of rotatable bonds is 8. The lowest BCUT2D eigenvalue weighted by atomic mass is 9.90. The van der Waals surface area contributed by atoms with Crippen molar-refractivity contribution in [3.63, 3.8) is 0 Å². The molecule has 1 aliphatic carbocycles. The Morgan fingerprint density at radius 1 is 1.05 bits per heavy atom. The summed E-state index contributed by atoms with van der Waals surface area (Å²) in [6.45, 7) is 3.97. The van der Waals surface area contributed by atoms with Gasteiger partial charge in [-0.05, 0) is 66.6 Å². The highest BCUT2D eigenvalue weighted by Gasteiger charge is 2.38. The average molecular weight is 593 g/mol. The van der Waals surface area contributed by atoms with Gasteiger partial charge in [-0.15, -0.1) is 0 Å². The van der Waals surface area contributed by atoms with E-state index in [0.29, 0.717) is 47.6 Å². The van der Waals surface area contributed by atoms with Crippen molar-refractivity contribution in [3.05, 3.63) is 89.2 Å². The summed E-state index contributed by atoms with van der Waals surface area (Å²) in [7, 11) is 0. The number of carboxylic acids is 1. The zero-order chi connectivity index (χ0) is 30.5. The Hall–Kier alpha value is -4.31. The fourth-order valence-electron chi connectivity index (χ4n) is 6.05. The Morgan fingerprint density at radius 2 is 1.77 bits per heavy atom. The number of carbonyl (C=O) groups is 1. The molecule has 0 radical (unpaired) electrons. The third-order valence-electron chi connectivity index (χ3n) is 7.91. The van der Waals surface area contributed by atoms with Crippen LogP contribution in [0.1, 0.15) is 61.0 Å². The Kier molecular flexibility index (Phi) is 7.20. The molecule has 6 rings (SSSR count). The monoisotopic (exact) mass is 592 g/mol. The molecule has 0 spiro atoms. The molecule has 1 aliphatic heterocycles. The Balaban J connectivity index is 1.28. The molecule has 0 saturated carbocycles. The quantitative estimate of drug-likeness (QED) is 0.228. The molecular weight excluding hydrogens is 561 g/mol. The van der Waals surface area contributed by atoms with Crippen LogP contribution in [0.15, 0.2) is 67.0 Å². The van der Waals surface area contributed by atoms with Crippen molar-refractivity contribution in [2.45, 2.75) is 63.5 Å². The number of nitrogens with zero attached hydrogens (tertiary/aromatic N) is 2. The molecule has 10 heteroatoms. The highest BCUT2D eigenvalue weighted by Crippen LogP contribution is 2.47. The first kappa shape index (κ1) is 28.8. The van der Waals surface area contributed by atoms with E-state index in [9.17, 15) is 23.1 Å². The molecule has 0 fully saturated rings. The smallest absolute Gasteiger partial charge is 0.417 e. The van der Waals surface area contributed by atoms with Gasteiger partial charge in [-0.2, -0.15) is 18.3 Å². The number of benzene rings is 3. The zero-order valence-corrected chi connectivity index (χ0v) is 23.7. The predicted octanol–water partition coefficient (Wildman–Crippen LogP) is 7.02. The average Bonchev–Trinajstić information content (AvgIpc) is 3.66. The van der Waals surface area contributed by atoms with Crippen molar-refractivity contribution in [3.8, 4) is 33.8 Å². The van der Waals surface area contributed by atoms with E-state index in [1.807, 2.05) is 0 Å². The van der Waals surface area contributed by atoms with E-state index in [1.165, 1.54) is 6.07 Å². The molecule has 0 amide bonds. The van der Waals surface area contributed by atoms with Gasteiger partial charge in [0.25, 0.3) is 0 Å². The molecule has 43 heavy (non-hydrogen) atoms. The molecule has 4 aromatic rings. The second kappa shape index (κ2) is 10.8. The standard InChI is InChI=1S/C33H31F3N2O5/c1-32(2,41)18-38-16-22(15-37-38)19-3-5-20(6-4-19)31-26-10-12-28(25(26)9-11-27(31)33(34,35)36)43-23-7-8-24-21(13-30(39)40)17-42-29(24)14-23/h3-9,11,14-16,21,28,41H,10,12-13,17-18H2,1-2H3,(H,39,40)/t21-,28?/m1/s1. The summed E-state index contributed by atoms with van der Waals surface area (Å²) < 4.78 is 56.4. The van der Waals surface area contributed by atoms with Crippen LogP contribution in [0.5, 0.6) is 11.5 Å². The van der Waals surface area contributed by atoms with Crippen molar-refractivity contribution >= 4 is 5.97 Å². The maximum absolute atomic E-state index is 14.3. The molecule has 2 heterocycles. The van der Waals surface area contributed by atoms with Crippen LogP contribution in [-0.4, -0.2) is 38.2 Å². The number of aliphatic carboxylic acids is 1. The number of aromatic nitrogens is 2. The third kappa shape index (κ3) is 5.97. The summed E-state index contributed by atoms with van der Waals surface area (Å²) in [6.07, 6.45) is -0.600. The van der Waals surface area contributed by atoms with Crippen molar-refractivity contribution in [2.75, 3.05) is 6.61 Å². The van der Waals surface area contributed by atoms with Crippen LogP contribution in [0.25, 0.3) is 22.3 Å². The molecule has 2 N–H and O–H groups in total. The van der Waals surface area contributed by atoms with Crippen LogP contribution >= 0.6 is 0 Å². The molecule has 0 saturated heterocycles. The van der Waals surface area contributed by atoms with Crippen LogP contribution in [0.2, 0.25) is 0 Å². The summed E-state index contributed by atoms with van der Waals surface area (Å²) in [5.41, 5.74) is 2.75. The van der Waals surface area contributed by atoms with Crippen molar-refractivity contribution in [1.29, 1.82) is 0 Å². The van der Waals surface area contributed by atoms with E-state index in [2.05, 4.69) is 5.10 Å². The van der Waals surface area contributed by atoms with Gasteiger partial charge in [-0.25, -0.2) is 0 Å². The highest BCUT2D eigenvalue weighted by atomic mass is 19.4. The van der Waals surface area contributed by atoms with Gasteiger partial charge in [0.05, 0.1) is 36.9 Å². The molecular formula is C33H31F3N2O5. The van der Waals surface area contributed by atoms with Gasteiger partial charge in [0.2, 0.25) is 0 Å². The maximum Gasteiger partial charge on any atom is 0.417 e. The summed E-state index contributed by atoms with van der Waals surface area (Å²) in [5, 5.41) is 23.5. The van der Waals surface area contributed by atoms with Gasteiger partial charge >= 0.3 is 12.1 Å². The lowest BCUT2D eigenvalue weighted by Crippen LogP contribution is -2.26. The second-order valence-corrected chi connectivity index (χ2v) is 11.8. The third-order valence-corrected chi connectivity index (χ3v) is 7.91. The fraction of sp³-hybridized carbons (Fsp3) is 0.333. The van der Waals surface area contributed by atoms with Crippen molar-refractivity contribution in [2.24, 2.45) is 0 Å². The van der Waals surface area contributed by atoms with Gasteiger partial charge in [0.15, 0.2) is 0 Å². The Bertz CT molecular complexity index is 1670. The first-order valence-electron chi connectivity index (χ1n) is 14.1. The van der Waals surface area contributed by atoms with Gasteiger partial charge < -0.3 is 19.7 Å². The SMILES string of the molecule is CC(C)(O)Cn1cc(-c2ccc(-c3c(C(F)(F)F)ccc4c3CCC4Oc3ccc4c(c3)OC[C@H]4CC(=O)O)cc2)cn1. The molecule has 7 nitrogen and oxygen atoms in total. The molecule has 1 aromatic heterocycles. The first-order valence-corrected chi connectivity index (χ1v) is 14.1. The van der Waals surface area contributed by atoms with E-state index in [-0.39, 0.29) is 24.5 Å². The van der Waals surface area contributed by atoms with Crippen LogP contribution in [0.4, 0.5) is 13.2 Å². The summed E-state index contributed by atoms with van der Waals surface area (Å²) in [4.78, 5) is 11.2. The summed E-state index contributed by atoms with van der Waals surface area (Å²) >= 11 is 0. The summed E-state index contributed by atoms with van der Waals surface area (Å²) in [5.74, 6) is -0.0389. The number of aliphatic hydroxyl groups is 1. The van der Waals surface area contributed by atoms with E-state index in [0.717, 1.165) is 22.8 Å².